The number of benzene rings is 2. The van der Waals surface area contributed by atoms with Crippen LogP contribution in [0.1, 0.15) is 5.69 Å². The van der Waals surface area contributed by atoms with E-state index < -0.39 is 7.14 Å². The minimum atomic E-state index is -2.75. The third kappa shape index (κ3) is 4.77. The molecule has 0 fully saturated rings. The molecule has 1 aliphatic heterocycles. The molecule has 6 rings (SSSR count). The summed E-state index contributed by atoms with van der Waals surface area (Å²) in [6, 6.07) is 7.51. The molecule has 204 valence electrons. The van der Waals surface area contributed by atoms with Gasteiger partial charge in [0.1, 0.15) is 30.0 Å². The summed E-state index contributed by atoms with van der Waals surface area (Å²) in [7, 11) is 0.789. The molecule has 0 amide bonds. The van der Waals surface area contributed by atoms with Crippen LogP contribution in [0.4, 0.5) is 23.1 Å². The van der Waals surface area contributed by atoms with Gasteiger partial charge in [-0.05, 0) is 47.5 Å². The van der Waals surface area contributed by atoms with E-state index in [9.17, 15) is 4.57 Å². The normalized spacial score (nSPS) is 12.7. The monoisotopic (exact) mass is 620 g/mol. The number of hydrogen-bond donors (Lipinski definition) is 2. The standard InChI is InChI=1S/C27H26BrN8O3P/c1-36-21-7-10-39-22-12-23(38-2)20(11-15(22)16(21)13-32-36)34-27-31-14-17(28)26(35-27)33-19-6-5-18-24(30-9-8-29-18)25(19)40(3,4)37/h5-6,8-9,11-14H,7,10H2,1-4H3,(H2,31,33,34,35). The number of hydrogen-bond acceptors (Lipinski definition) is 10. The van der Waals surface area contributed by atoms with Crippen molar-refractivity contribution in [3.8, 4) is 22.6 Å². The van der Waals surface area contributed by atoms with E-state index in [4.69, 9.17) is 14.5 Å². The smallest absolute Gasteiger partial charge is 0.229 e. The molecule has 0 unspecified atom stereocenters. The van der Waals surface area contributed by atoms with Crippen LogP contribution < -0.4 is 25.4 Å². The Bertz CT molecular complexity index is 1820. The third-order valence-corrected chi connectivity index (χ3v) is 8.76. The van der Waals surface area contributed by atoms with Gasteiger partial charge in [-0.1, -0.05) is 0 Å². The second kappa shape index (κ2) is 10.2. The van der Waals surface area contributed by atoms with Gasteiger partial charge in [0, 0.05) is 54.9 Å². The molecule has 5 aromatic rings. The highest BCUT2D eigenvalue weighted by Gasteiger charge is 2.24. The maximum absolute atomic E-state index is 13.3. The van der Waals surface area contributed by atoms with Crippen LogP contribution in [0.15, 0.2) is 53.5 Å². The van der Waals surface area contributed by atoms with Gasteiger partial charge < -0.3 is 24.7 Å². The largest absolute Gasteiger partial charge is 0.494 e. The SMILES string of the molecule is COc1cc2c(cc1Nc1ncc(Br)c(Nc3ccc4nccnc4c3P(C)(C)=O)n1)-c1cnn(C)c1CCO2. The fourth-order valence-electron chi connectivity index (χ4n) is 4.83. The summed E-state index contributed by atoms with van der Waals surface area (Å²) in [5.41, 5.74) is 5.58. The average molecular weight is 621 g/mol. The van der Waals surface area contributed by atoms with Crippen LogP contribution in [-0.4, -0.2) is 56.8 Å². The van der Waals surface area contributed by atoms with Crippen molar-refractivity contribution < 1.29 is 14.0 Å². The van der Waals surface area contributed by atoms with Crippen LogP contribution in [0.2, 0.25) is 0 Å². The summed E-state index contributed by atoms with van der Waals surface area (Å²) in [4.78, 5) is 18.0. The van der Waals surface area contributed by atoms with E-state index in [0.29, 0.717) is 56.3 Å². The zero-order chi connectivity index (χ0) is 28.0. The molecule has 1 aliphatic rings. The summed E-state index contributed by atoms with van der Waals surface area (Å²) >= 11 is 3.54. The van der Waals surface area contributed by atoms with Gasteiger partial charge in [0.25, 0.3) is 0 Å². The van der Waals surface area contributed by atoms with Crippen molar-refractivity contribution in [3.63, 3.8) is 0 Å². The van der Waals surface area contributed by atoms with Crippen LogP contribution in [0.25, 0.3) is 22.2 Å². The molecule has 11 nitrogen and oxygen atoms in total. The Balaban J connectivity index is 1.38. The maximum Gasteiger partial charge on any atom is 0.229 e. The van der Waals surface area contributed by atoms with Gasteiger partial charge in [-0.25, -0.2) is 4.98 Å². The first-order valence-corrected chi connectivity index (χ1v) is 15.8. The lowest BCUT2D eigenvalue weighted by Gasteiger charge is -2.18. The molecule has 2 N–H and O–H groups in total. The lowest BCUT2D eigenvalue weighted by atomic mass is 10.0. The number of nitrogens with one attached hydrogen (secondary N) is 2. The number of rotatable bonds is 6. The highest BCUT2D eigenvalue weighted by Crippen LogP contribution is 2.43. The lowest BCUT2D eigenvalue weighted by molar-refractivity contribution is 0.320. The molecular formula is C27H26BrN8O3P. The molecule has 0 saturated heterocycles. The summed E-state index contributed by atoms with van der Waals surface area (Å²) < 4.78 is 27.6. The van der Waals surface area contributed by atoms with Gasteiger partial charge >= 0.3 is 0 Å². The second-order valence-corrected chi connectivity index (χ2v) is 13.7. The molecule has 0 atom stereocenters. The maximum atomic E-state index is 13.3. The van der Waals surface area contributed by atoms with E-state index in [-0.39, 0.29) is 0 Å². The molecule has 2 aromatic carbocycles. The van der Waals surface area contributed by atoms with Gasteiger partial charge in [0.05, 0.1) is 46.6 Å². The number of ether oxygens (including phenoxy) is 2. The summed E-state index contributed by atoms with van der Waals surface area (Å²) in [6.45, 7) is 3.97. The van der Waals surface area contributed by atoms with Crippen LogP contribution >= 0.6 is 23.1 Å². The topological polar surface area (TPSA) is 129 Å². The van der Waals surface area contributed by atoms with Crippen LogP contribution in [0, 0.1) is 0 Å². The van der Waals surface area contributed by atoms with Gasteiger partial charge in [-0.2, -0.15) is 10.1 Å². The van der Waals surface area contributed by atoms with Crippen molar-refractivity contribution in [1.82, 2.24) is 29.7 Å². The highest BCUT2D eigenvalue weighted by molar-refractivity contribution is 9.10. The van der Waals surface area contributed by atoms with Crippen LogP contribution in [0.5, 0.6) is 11.5 Å². The van der Waals surface area contributed by atoms with Gasteiger partial charge in [0.2, 0.25) is 5.95 Å². The van der Waals surface area contributed by atoms with Gasteiger partial charge in [-0.3, -0.25) is 14.6 Å². The lowest BCUT2D eigenvalue weighted by Crippen LogP contribution is -2.14. The molecule has 40 heavy (non-hydrogen) atoms. The van der Waals surface area contributed by atoms with Crippen LogP contribution in [0.3, 0.4) is 0 Å². The van der Waals surface area contributed by atoms with E-state index in [1.54, 1.807) is 39.0 Å². The van der Waals surface area contributed by atoms with Gasteiger partial charge in [-0.15, -0.1) is 0 Å². The molecule has 4 heterocycles. The predicted molar refractivity (Wildman–Crippen MR) is 159 cm³/mol. The van der Waals surface area contributed by atoms with Crippen molar-refractivity contribution in [2.24, 2.45) is 7.05 Å². The quantitative estimate of drug-likeness (QED) is 0.242. The van der Waals surface area contributed by atoms with E-state index in [0.717, 1.165) is 29.0 Å². The first-order valence-electron chi connectivity index (χ1n) is 12.4. The number of methoxy groups -OCH3 is 1. The Hall–Kier alpha value is -4.02. The number of halogens is 1. The molecule has 0 bridgehead atoms. The van der Waals surface area contributed by atoms with E-state index >= 15 is 0 Å². The number of aromatic nitrogens is 6. The molecule has 0 aliphatic carbocycles. The van der Waals surface area contributed by atoms with Gasteiger partial charge in [0.15, 0.2) is 0 Å². The molecule has 0 radical (unpaired) electrons. The summed E-state index contributed by atoms with van der Waals surface area (Å²) in [5.74, 6) is 2.13. The highest BCUT2D eigenvalue weighted by atomic mass is 79.9. The average Bonchev–Trinajstić information content (AvgIpc) is 3.19. The fraction of sp³-hybridized carbons (Fsp3) is 0.222. The molecular weight excluding hydrogens is 595 g/mol. The zero-order valence-electron chi connectivity index (χ0n) is 22.3. The third-order valence-electron chi connectivity index (χ3n) is 6.65. The molecule has 0 saturated carbocycles. The first kappa shape index (κ1) is 26.2. The molecule has 3 aromatic heterocycles. The van der Waals surface area contributed by atoms with E-state index in [1.165, 1.54) is 0 Å². The van der Waals surface area contributed by atoms with E-state index in [1.807, 2.05) is 42.2 Å². The Morgan fingerprint density at radius 1 is 1.05 bits per heavy atom. The number of nitrogens with zero attached hydrogens (tertiary/aromatic N) is 6. The Kier molecular flexibility index (Phi) is 6.67. The summed E-state index contributed by atoms with van der Waals surface area (Å²) in [5, 5.41) is 11.7. The Morgan fingerprint density at radius 3 is 2.67 bits per heavy atom. The predicted octanol–water partition coefficient (Wildman–Crippen LogP) is 5.26. The fourth-order valence-corrected chi connectivity index (χ4v) is 6.51. The first-order chi connectivity index (χ1) is 19.2. The molecule has 13 heteroatoms. The number of anilines is 4. The number of aryl methyl sites for hydroxylation is 1. The van der Waals surface area contributed by atoms with Crippen molar-refractivity contribution in [3.05, 3.63) is 59.2 Å². The van der Waals surface area contributed by atoms with Crippen molar-refractivity contribution >= 4 is 62.6 Å². The van der Waals surface area contributed by atoms with Crippen molar-refractivity contribution in [1.29, 1.82) is 0 Å². The summed E-state index contributed by atoms with van der Waals surface area (Å²) in [6.07, 6.45) is 7.46. The minimum Gasteiger partial charge on any atom is -0.494 e. The Morgan fingerprint density at radius 2 is 1.88 bits per heavy atom. The van der Waals surface area contributed by atoms with E-state index in [2.05, 4.69) is 46.6 Å². The van der Waals surface area contributed by atoms with Crippen molar-refractivity contribution in [2.75, 3.05) is 37.7 Å². The van der Waals surface area contributed by atoms with Crippen molar-refractivity contribution in [2.45, 2.75) is 6.42 Å². The second-order valence-electron chi connectivity index (χ2n) is 9.65. The molecule has 0 spiro atoms. The zero-order valence-corrected chi connectivity index (χ0v) is 24.7. The van der Waals surface area contributed by atoms with Crippen LogP contribution in [-0.2, 0) is 18.0 Å². The Labute approximate surface area is 238 Å². The minimum absolute atomic E-state index is 0.336. The number of fused-ring (bicyclic) bond motifs is 4.